The van der Waals surface area contributed by atoms with Crippen molar-refractivity contribution < 1.29 is 9.90 Å². The highest BCUT2D eigenvalue weighted by atomic mass is 35.5. The van der Waals surface area contributed by atoms with E-state index in [0.29, 0.717) is 28.6 Å². The standard InChI is InChI=1S/C15H14ClN3O2/c1-19-10-11(16)9-13(19)15(21)18-14-7-4-6-12(17-14)5-2-3-8-20/h4,6-7,9-10,20H,3,8H2,1H3,(H,17,18,21). The molecule has 108 valence electrons. The van der Waals surface area contributed by atoms with E-state index in [0.717, 1.165) is 0 Å². The summed E-state index contributed by atoms with van der Waals surface area (Å²) in [6.45, 7) is 0.0116. The van der Waals surface area contributed by atoms with Gasteiger partial charge in [-0.25, -0.2) is 4.98 Å². The molecular weight excluding hydrogens is 290 g/mol. The third-order valence-corrected chi connectivity index (χ3v) is 2.85. The Morgan fingerprint density at radius 3 is 3.00 bits per heavy atom. The lowest BCUT2D eigenvalue weighted by Crippen LogP contribution is -2.16. The number of hydrogen-bond donors (Lipinski definition) is 2. The summed E-state index contributed by atoms with van der Waals surface area (Å²) in [5.74, 6) is 5.71. The average Bonchev–Trinajstić information content (AvgIpc) is 2.78. The molecule has 0 fully saturated rings. The lowest BCUT2D eigenvalue weighted by Gasteiger charge is -2.05. The van der Waals surface area contributed by atoms with Gasteiger partial charge in [0.15, 0.2) is 0 Å². The van der Waals surface area contributed by atoms with Crippen molar-refractivity contribution >= 4 is 23.3 Å². The number of hydrogen-bond acceptors (Lipinski definition) is 3. The van der Waals surface area contributed by atoms with E-state index in [1.54, 1.807) is 42.1 Å². The fourth-order valence-corrected chi connectivity index (χ4v) is 1.96. The molecule has 0 saturated heterocycles. The Morgan fingerprint density at radius 2 is 2.33 bits per heavy atom. The fourth-order valence-electron chi connectivity index (χ4n) is 1.71. The Balaban J connectivity index is 2.13. The molecule has 1 amide bonds. The maximum absolute atomic E-state index is 12.1. The zero-order valence-corrected chi connectivity index (χ0v) is 12.2. The Kier molecular flexibility index (Phi) is 4.99. The van der Waals surface area contributed by atoms with E-state index in [9.17, 15) is 4.79 Å². The number of rotatable bonds is 3. The number of carbonyl (C=O) groups is 1. The van der Waals surface area contributed by atoms with E-state index in [1.165, 1.54) is 0 Å². The largest absolute Gasteiger partial charge is 0.395 e. The second-order valence-corrected chi connectivity index (χ2v) is 4.73. The number of anilines is 1. The van der Waals surface area contributed by atoms with E-state index in [4.69, 9.17) is 16.7 Å². The van der Waals surface area contributed by atoms with Gasteiger partial charge in [0.05, 0.1) is 11.6 Å². The number of nitrogens with one attached hydrogen (secondary N) is 1. The van der Waals surface area contributed by atoms with Crippen molar-refractivity contribution in [2.75, 3.05) is 11.9 Å². The van der Waals surface area contributed by atoms with Crippen molar-refractivity contribution in [1.82, 2.24) is 9.55 Å². The monoisotopic (exact) mass is 303 g/mol. The van der Waals surface area contributed by atoms with Crippen LogP contribution >= 0.6 is 11.6 Å². The number of aliphatic hydroxyl groups is 1. The first-order valence-electron chi connectivity index (χ1n) is 6.30. The number of carbonyl (C=O) groups excluding carboxylic acids is 1. The van der Waals surface area contributed by atoms with Crippen LogP contribution in [0.4, 0.5) is 5.82 Å². The van der Waals surface area contributed by atoms with Crippen LogP contribution in [0.3, 0.4) is 0 Å². The zero-order chi connectivity index (χ0) is 15.2. The van der Waals surface area contributed by atoms with Gasteiger partial charge >= 0.3 is 0 Å². The summed E-state index contributed by atoms with van der Waals surface area (Å²) in [5.41, 5.74) is 0.977. The van der Waals surface area contributed by atoms with Crippen LogP contribution in [-0.2, 0) is 7.05 Å². The quantitative estimate of drug-likeness (QED) is 0.853. The Labute approximate surface area is 127 Å². The number of halogens is 1. The highest BCUT2D eigenvalue weighted by Gasteiger charge is 2.11. The molecule has 6 heteroatoms. The van der Waals surface area contributed by atoms with Gasteiger partial charge in [-0.1, -0.05) is 23.6 Å². The normalized spacial score (nSPS) is 9.86. The summed E-state index contributed by atoms with van der Waals surface area (Å²) in [6.07, 6.45) is 2.04. The first-order chi connectivity index (χ1) is 10.1. The maximum Gasteiger partial charge on any atom is 0.273 e. The van der Waals surface area contributed by atoms with Crippen LogP contribution in [0.1, 0.15) is 22.6 Å². The number of aryl methyl sites for hydroxylation is 1. The van der Waals surface area contributed by atoms with Gasteiger partial charge in [0, 0.05) is 19.7 Å². The van der Waals surface area contributed by atoms with E-state index in [-0.39, 0.29) is 12.5 Å². The maximum atomic E-state index is 12.1. The van der Waals surface area contributed by atoms with E-state index in [2.05, 4.69) is 22.1 Å². The van der Waals surface area contributed by atoms with Crippen molar-refractivity contribution in [3.05, 3.63) is 46.9 Å². The van der Waals surface area contributed by atoms with Gasteiger partial charge in [-0.3, -0.25) is 4.79 Å². The molecule has 2 aromatic heterocycles. The first-order valence-corrected chi connectivity index (χ1v) is 6.68. The third-order valence-electron chi connectivity index (χ3n) is 2.65. The summed E-state index contributed by atoms with van der Waals surface area (Å²) in [7, 11) is 1.74. The number of nitrogens with zero attached hydrogens (tertiary/aromatic N) is 2. The second kappa shape index (κ2) is 6.93. The van der Waals surface area contributed by atoms with Gasteiger partial charge in [0.1, 0.15) is 17.2 Å². The minimum Gasteiger partial charge on any atom is -0.395 e. The SMILES string of the molecule is Cn1cc(Cl)cc1C(=O)Nc1cccc(C#CCCO)n1. The average molecular weight is 304 g/mol. The van der Waals surface area contributed by atoms with Crippen LogP contribution in [0.15, 0.2) is 30.5 Å². The number of pyridine rings is 1. The molecule has 0 bridgehead atoms. The zero-order valence-electron chi connectivity index (χ0n) is 11.4. The van der Waals surface area contributed by atoms with Crippen LogP contribution in [0.2, 0.25) is 5.02 Å². The molecule has 2 aromatic rings. The lowest BCUT2D eigenvalue weighted by atomic mass is 10.3. The summed E-state index contributed by atoms with van der Waals surface area (Å²) in [4.78, 5) is 16.3. The molecule has 0 aromatic carbocycles. The lowest BCUT2D eigenvalue weighted by molar-refractivity contribution is 0.101. The van der Waals surface area contributed by atoms with Gasteiger partial charge in [0.25, 0.3) is 5.91 Å². The molecule has 2 rings (SSSR count). The third kappa shape index (κ3) is 4.09. The molecule has 0 unspecified atom stereocenters. The van der Waals surface area contributed by atoms with Crippen LogP contribution in [0.25, 0.3) is 0 Å². The van der Waals surface area contributed by atoms with Gasteiger partial charge in [-0.2, -0.15) is 0 Å². The van der Waals surface area contributed by atoms with Crippen molar-refractivity contribution in [3.63, 3.8) is 0 Å². The Hall–Kier alpha value is -2.29. The number of aromatic nitrogens is 2. The summed E-state index contributed by atoms with van der Waals surface area (Å²) < 4.78 is 1.64. The molecule has 0 atom stereocenters. The van der Waals surface area contributed by atoms with Gasteiger partial charge in [-0.05, 0) is 24.1 Å². The van der Waals surface area contributed by atoms with Gasteiger partial charge in [-0.15, -0.1) is 0 Å². The number of aliphatic hydroxyl groups excluding tert-OH is 1. The van der Waals surface area contributed by atoms with Crippen molar-refractivity contribution in [2.45, 2.75) is 6.42 Å². The molecule has 5 nitrogen and oxygen atoms in total. The van der Waals surface area contributed by atoms with Gasteiger partial charge in [0.2, 0.25) is 0 Å². The summed E-state index contributed by atoms with van der Waals surface area (Å²) in [5, 5.41) is 11.9. The fraction of sp³-hybridized carbons (Fsp3) is 0.200. The molecule has 2 heterocycles. The topological polar surface area (TPSA) is 67.2 Å². The molecule has 0 saturated carbocycles. The minimum atomic E-state index is -0.294. The molecule has 0 radical (unpaired) electrons. The van der Waals surface area contributed by atoms with Gasteiger partial charge < -0.3 is 15.0 Å². The Bertz CT molecular complexity index is 713. The smallest absolute Gasteiger partial charge is 0.273 e. The minimum absolute atomic E-state index is 0.0116. The van der Waals surface area contributed by atoms with Crippen molar-refractivity contribution in [2.24, 2.45) is 7.05 Å². The summed E-state index contributed by atoms with van der Waals surface area (Å²) in [6, 6.07) is 6.75. The van der Waals surface area contributed by atoms with Crippen LogP contribution in [-0.4, -0.2) is 27.2 Å². The van der Waals surface area contributed by atoms with E-state index < -0.39 is 0 Å². The Morgan fingerprint density at radius 1 is 1.52 bits per heavy atom. The van der Waals surface area contributed by atoms with Crippen molar-refractivity contribution in [1.29, 1.82) is 0 Å². The predicted molar refractivity (Wildman–Crippen MR) is 81.2 cm³/mol. The first kappa shape index (κ1) is 15.1. The van der Waals surface area contributed by atoms with Crippen LogP contribution < -0.4 is 5.32 Å². The van der Waals surface area contributed by atoms with Crippen LogP contribution in [0, 0.1) is 11.8 Å². The molecule has 0 aliphatic rings. The molecule has 0 aliphatic heterocycles. The summed E-state index contributed by atoms with van der Waals surface area (Å²) >= 11 is 5.85. The number of amides is 1. The predicted octanol–water partition coefficient (Wildman–Crippen LogP) is 2.06. The molecule has 2 N–H and O–H groups in total. The van der Waals surface area contributed by atoms with Crippen molar-refractivity contribution in [3.8, 4) is 11.8 Å². The second-order valence-electron chi connectivity index (χ2n) is 4.29. The molecular formula is C15H14ClN3O2. The van der Waals surface area contributed by atoms with E-state index in [1.807, 2.05) is 0 Å². The molecule has 0 spiro atoms. The molecule has 0 aliphatic carbocycles. The highest BCUT2D eigenvalue weighted by Crippen LogP contribution is 2.14. The molecule has 21 heavy (non-hydrogen) atoms. The highest BCUT2D eigenvalue weighted by molar-refractivity contribution is 6.31. The van der Waals surface area contributed by atoms with Crippen LogP contribution in [0.5, 0.6) is 0 Å². The van der Waals surface area contributed by atoms with E-state index >= 15 is 0 Å².